The van der Waals surface area contributed by atoms with Crippen LogP contribution in [0.3, 0.4) is 0 Å². The lowest BCUT2D eigenvalue weighted by atomic mass is 10.1. The Morgan fingerprint density at radius 2 is 1.91 bits per heavy atom. The minimum atomic E-state index is 0.474. The summed E-state index contributed by atoms with van der Waals surface area (Å²) in [5, 5.41) is 11.4. The van der Waals surface area contributed by atoms with Crippen molar-refractivity contribution in [2.24, 2.45) is 5.92 Å². The summed E-state index contributed by atoms with van der Waals surface area (Å²) in [7, 11) is 3.20. The van der Waals surface area contributed by atoms with Crippen molar-refractivity contribution in [2.75, 3.05) is 20.8 Å². The molecule has 1 aromatic heterocycles. The van der Waals surface area contributed by atoms with Crippen molar-refractivity contribution in [3.63, 3.8) is 0 Å². The molecule has 2 rings (SSSR count). The summed E-state index contributed by atoms with van der Waals surface area (Å²) in [5.74, 6) is 3.03. The van der Waals surface area contributed by atoms with E-state index in [4.69, 9.17) is 13.9 Å². The number of nitrogens with zero attached hydrogens (tertiary/aromatic N) is 2. The molecule has 0 amide bonds. The molecule has 120 valence electrons. The van der Waals surface area contributed by atoms with Crippen LogP contribution < -0.4 is 14.8 Å². The van der Waals surface area contributed by atoms with Crippen molar-refractivity contribution in [1.29, 1.82) is 0 Å². The quantitative estimate of drug-likeness (QED) is 0.756. The Labute approximate surface area is 130 Å². The van der Waals surface area contributed by atoms with Gasteiger partial charge in [-0.1, -0.05) is 13.8 Å². The lowest BCUT2D eigenvalue weighted by molar-refractivity contribution is 0.355. The van der Waals surface area contributed by atoms with Crippen LogP contribution in [0.25, 0.3) is 11.5 Å². The van der Waals surface area contributed by atoms with E-state index in [1.54, 1.807) is 14.2 Å². The average Bonchev–Trinajstić information content (AvgIpc) is 2.99. The number of ether oxygens (including phenoxy) is 2. The van der Waals surface area contributed by atoms with Gasteiger partial charge in [-0.25, -0.2) is 0 Å². The van der Waals surface area contributed by atoms with E-state index in [9.17, 15) is 0 Å². The summed E-state index contributed by atoms with van der Waals surface area (Å²) in [6.45, 7) is 5.91. The second-order valence-corrected chi connectivity index (χ2v) is 5.43. The van der Waals surface area contributed by atoms with Gasteiger partial charge in [-0.05, 0) is 37.1 Å². The summed E-state index contributed by atoms with van der Waals surface area (Å²) in [6, 6.07) is 5.51. The zero-order valence-corrected chi connectivity index (χ0v) is 13.5. The van der Waals surface area contributed by atoms with Gasteiger partial charge in [-0.3, -0.25) is 0 Å². The van der Waals surface area contributed by atoms with E-state index < -0.39 is 0 Å². The number of nitrogens with one attached hydrogen (secondary N) is 1. The molecule has 0 aliphatic carbocycles. The van der Waals surface area contributed by atoms with E-state index in [-0.39, 0.29) is 0 Å². The van der Waals surface area contributed by atoms with E-state index >= 15 is 0 Å². The molecule has 6 nitrogen and oxygen atoms in total. The maximum atomic E-state index is 5.67. The highest BCUT2D eigenvalue weighted by Gasteiger charge is 2.12. The van der Waals surface area contributed by atoms with Crippen LogP contribution in [0.4, 0.5) is 0 Å². The summed E-state index contributed by atoms with van der Waals surface area (Å²) in [4.78, 5) is 0. The standard InChI is InChI=1S/C16H23N3O3/c1-11(2)7-8-17-10-15-18-19-16(22-15)12-5-6-13(20-3)14(9-12)21-4/h5-6,9,11,17H,7-8,10H2,1-4H3. The topological polar surface area (TPSA) is 69.4 Å². The van der Waals surface area contributed by atoms with Crippen LogP contribution in [-0.4, -0.2) is 31.0 Å². The van der Waals surface area contributed by atoms with E-state index in [0.717, 1.165) is 18.5 Å². The Bertz CT molecular complexity index is 596. The van der Waals surface area contributed by atoms with Crippen molar-refractivity contribution < 1.29 is 13.9 Å². The third-order valence-corrected chi connectivity index (χ3v) is 3.27. The SMILES string of the molecule is COc1ccc(-c2nnc(CNCCC(C)C)o2)cc1OC. The van der Waals surface area contributed by atoms with Crippen LogP contribution in [0.1, 0.15) is 26.2 Å². The second kappa shape index (κ2) is 7.79. The molecule has 1 N–H and O–H groups in total. The Kier molecular flexibility index (Phi) is 5.77. The van der Waals surface area contributed by atoms with Gasteiger partial charge in [0.25, 0.3) is 0 Å². The molecule has 0 spiro atoms. The maximum Gasteiger partial charge on any atom is 0.247 e. The van der Waals surface area contributed by atoms with Crippen molar-refractivity contribution in [3.8, 4) is 23.0 Å². The number of methoxy groups -OCH3 is 2. The first-order valence-electron chi connectivity index (χ1n) is 7.39. The van der Waals surface area contributed by atoms with Gasteiger partial charge in [0, 0.05) is 5.56 Å². The number of hydrogen-bond donors (Lipinski definition) is 1. The normalized spacial score (nSPS) is 11.0. The summed E-state index contributed by atoms with van der Waals surface area (Å²) >= 11 is 0. The zero-order chi connectivity index (χ0) is 15.9. The van der Waals surface area contributed by atoms with E-state index in [1.807, 2.05) is 18.2 Å². The summed E-state index contributed by atoms with van der Waals surface area (Å²) in [6.07, 6.45) is 1.12. The third kappa shape index (κ3) is 4.21. The summed E-state index contributed by atoms with van der Waals surface area (Å²) < 4.78 is 16.2. The molecular formula is C16H23N3O3. The Morgan fingerprint density at radius 3 is 2.59 bits per heavy atom. The van der Waals surface area contributed by atoms with Gasteiger partial charge in [-0.15, -0.1) is 10.2 Å². The fourth-order valence-electron chi connectivity index (χ4n) is 2.00. The molecule has 0 unspecified atom stereocenters. The van der Waals surface area contributed by atoms with Crippen molar-refractivity contribution in [3.05, 3.63) is 24.1 Å². The predicted octanol–water partition coefficient (Wildman–Crippen LogP) is 2.89. The lowest BCUT2D eigenvalue weighted by Crippen LogP contribution is -2.16. The van der Waals surface area contributed by atoms with Crippen LogP contribution in [0, 0.1) is 5.92 Å². The van der Waals surface area contributed by atoms with Gasteiger partial charge in [0.1, 0.15) is 0 Å². The fraction of sp³-hybridized carbons (Fsp3) is 0.500. The Morgan fingerprint density at radius 1 is 1.14 bits per heavy atom. The molecular weight excluding hydrogens is 282 g/mol. The molecule has 6 heteroatoms. The first-order chi connectivity index (χ1) is 10.6. The molecule has 0 atom stereocenters. The van der Waals surface area contributed by atoms with Gasteiger partial charge in [0.05, 0.1) is 20.8 Å². The lowest BCUT2D eigenvalue weighted by Gasteiger charge is -2.07. The van der Waals surface area contributed by atoms with Crippen molar-refractivity contribution in [2.45, 2.75) is 26.8 Å². The highest BCUT2D eigenvalue weighted by atomic mass is 16.5. The van der Waals surface area contributed by atoms with Gasteiger partial charge in [0.15, 0.2) is 11.5 Å². The van der Waals surface area contributed by atoms with E-state index in [1.165, 1.54) is 0 Å². The largest absolute Gasteiger partial charge is 0.493 e. The monoisotopic (exact) mass is 305 g/mol. The molecule has 1 heterocycles. The van der Waals surface area contributed by atoms with Crippen molar-refractivity contribution in [1.82, 2.24) is 15.5 Å². The highest BCUT2D eigenvalue weighted by Crippen LogP contribution is 2.31. The molecule has 1 aromatic carbocycles. The molecule has 0 saturated carbocycles. The van der Waals surface area contributed by atoms with Gasteiger partial charge < -0.3 is 19.2 Å². The van der Waals surface area contributed by atoms with E-state index in [0.29, 0.717) is 35.7 Å². The smallest absolute Gasteiger partial charge is 0.247 e. The molecule has 2 aromatic rings. The molecule has 0 bridgehead atoms. The van der Waals surface area contributed by atoms with Gasteiger partial charge >= 0.3 is 0 Å². The van der Waals surface area contributed by atoms with Crippen molar-refractivity contribution >= 4 is 0 Å². The van der Waals surface area contributed by atoms with E-state index in [2.05, 4.69) is 29.4 Å². The second-order valence-electron chi connectivity index (χ2n) is 5.43. The Hall–Kier alpha value is -2.08. The zero-order valence-electron chi connectivity index (χ0n) is 13.5. The minimum absolute atomic E-state index is 0.474. The van der Waals surface area contributed by atoms with Crippen LogP contribution in [0.15, 0.2) is 22.6 Å². The molecule has 22 heavy (non-hydrogen) atoms. The number of benzene rings is 1. The first-order valence-corrected chi connectivity index (χ1v) is 7.39. The number of aromatic nitrogens is 2. The van der Waals surface area contributed by atoms with Gasteiger partial charge in [0.2, 0.25) is 11.8 Å². The highest BCUT2D eigenvalue weighted by molar-refractivity contribution is 5.59. The molecule has 0 saturated heterocycles. The van der Waals surface area contributed by atoms with Crippen LogP contribution >= 0.6 is 0 Å². The predicted molar refractivity (Wildman–Crippen MR) is 84.0 cm³/mol. The summed E-state index contributed by atoms with van der Waals surface area (Å²) in [5.41, 5.74) is 0.804. The number of hydrogen-bond acceptors (Lipinski definition) is 6. The third-order valence-electron chi connectivity index (χ3n) is 3.27. The maximum absolute atomic E-state index is 5.67. The first kappa shape index (κ1) is 16.3. The average molecular weight is 305 g/mol. The van der Waals surface area contributed by atoms with Gasteiger partial charge in [-0.2, -0.15) is 0 Å². The number of rotatable bonds is 8. The van der Waals surface area contributed by atoms with Crippen LogP contribution in [-0.2, 0) is 6.54 Å². The molecule has 0 aliphatic heterocycles. The van der Waals surface area contributed by atoms with Crippen LogP contribution in [0.2, 0.25) is 0 Å². The van der Waals surface area contributed by atoms with Crippen LogP contribution in [0.5, 0.6) is 11.5 Å². The molecule has 0 fully saturated rings. The minimum Gasteiger partial charge on any atom is -0.493 e. The molecule has 0 radical (unpaired) electrons. The fourth-order valence-corrected chi connectivity index (χ4v) is 2.00. The molecule has 0 aliphatic rings. The Balaban J connectivity index is 2.01.